The van der Waals surface area contributed by atoms with Crippen LogP contribution in [0, 0.1) is 0 Å². The Morgan fingerprint density at radius 1 is 1.18 bits per heavy atom. The molecule has 0 amide bonds. The van der Waals surface area contributed by atoms with Crippen LogP contribution in [-0.4, -0.2) is 30.8 Å². The van der Waals surface area contributed by atoms with Crippen LogP contribution in [-0.2, 0) is 9.39 Å². The number of pyridine rings is 1. The van der Waals surface area contributed by atoms with E-state index in [0.717, 1.165) is 5.46 Å². The summed E-state index contributed by atoms with van der Waals surface area (Å²) in [6, 6.07) is 3.60. The number of rotatable bonds is 5. The second kappa shape index (κ2) is 5.06. The Morgan fingerprint density at radius 3 is 2.29 bits per heavy atom. The van der Waals surface area contributed by atoms with Gasteiger partial charge in [-0.3, -0.25) is 0 Å². The zero-order chi connectivity index (χ0) is 13.1. The molecule has 0 saturated heterocycles. The van der Waals surface area contributed by atoms with E-state index in [-0.39, 0.29) is 5.60 Å². The third kappa shape index (κ3) is 3.44. The van der Waals surface area contributed by atoms with E-state index in [1.807, 2.05) is 33.8 Å². The molecule has 0 bridgehead atoms. The molecule has 4 nitrogen and oxygen atoms in total. The van der Waals surface area contributed by atoms with Gasteiger partial charge in [0.15, 0.2) is 0 Å². The van der Waals surface area contributed by atoms with Gasteiger partial charge in [0.1, 0.15) is 5.82 Å². The van der Waals surface area contributed by atoms with Crippen molar-refractivity contribution in [3.8, 4) is 0 Å². The zero-order valence-electron chi connectivity index (χ0n) is 11.2. The zero-order valence-corrected chi connectivity index (χ0v) is 11.2. The number of aromatic nitrogens is 1. The summed E-state index contributed by atoms with van der Waals surface area (Å²) in [5.74, 6) is 0.499. The van der Waals surface area contributed by atoms with Gasteiger partial charge in [0.05, 0.1) is 11.2 Å². The van der Waals surface area contributed by atoms with Crippen LogP contribution >= 0.6 is 0 Å². The molecule has 0 fully saturated rings. The monoisotopic (exact) mass is 235 g/mol. The Labute approximate surface area is 104 Å². The summed E-state index contributed by atoms with van der Waals surface area (Å²) >= 11 is 0. The van der Waals surface area contributed by atoms with Gasteiger partial charge in [0.25, 0.3) is 0 Å². The number of methoxy groups -OCH3 is 1. The van der Waals surface area contributed by atoms with Gasteiger partial charge in [-0.25, -0.2) is 4.98 Å². The highest BCUT2D eigenvalue weighted by atomic mass is 16.5. The first kappa shape index (κ1) is 14.0. The van der Waals surface area contributed by atoms with Gasteiger partial charge < -0.3 is 15.1 Å². The van der Waals surface area contributed by atoms with Crippen molar-refractivity contribution in [1.29, 1.82) is 0 Å². The van der Waals surface area contributed by atoms with Crippen LogP contribution in [0.3, 0.4) is 0 Å². The molecule has 1 aromatic heterocycles. The number of hydrogen-bond acceptors (Lipinski definition) is 4. The van der Waals surface area contributed by atoms with Gasteiger partial charge in [0, 0.05) is 13.3 Å². The summed E-state index contributed by atoms with van der Waals surface area (Å²) in [5.41, 5.74) is 5.56. The lowest BCUT2D eigenvalue weighted by Gasteiger charge is -2.40. The molecule has 5 heteroatoms. The largest absolute Gasteiger partial charge is 0.427 e. The van der Waals surface area contributed by atoms with E-state index >= 15 is 0 Å². The highest BCUT2D eigenvalue weighted by Gasteiger charge is 2.37. The molecule has 1 aromatic rings. The Kier molecular flexibility index (Phi) is 4.17. The fourth-order valence-electron chi connectivity index (χ4n) is 1.09. The van der Waals surface area contributed by atoms with Gasteiger partial charge in [-0.15, -0.1) is 0 Å². The predicted molar refractivity (Wildman–Crippen MR) is 70.3 cm³/mol. The van der Waals surface area contributed by atoms with Crippen molar-refractivity contribution in [2.75, 3.05) is 12.8 Å². The average Bonchev–Trinajstić information content (AvgIpc) is 2.28. The molecule has 0 aliphatic carbocycles. The number of nitrogens with two attached hydrogens (primary N) is 1. The minimum absolute atomic E-state index is 0.384. The second-order valence-corrected chi connectivity index (χ2v) is 4.98. The molecule has 1 rings (SSSR count). The van der Waals surface area contributed by atoms with Crippen molar-refractivity contribution < 1.29 is 9.39 Å². The van der Waals surface area contributed by atoms with E-state index in [9.17, 15) is 0 Å². The summed E-state index contributed by atoms with van der Waals surface area (Å²) in [4.78, 5) is 4.00. The number of nitrogen functional groups attached to an aromatic ring is 1. The SMILES string of the molecule is COC(C)(C)C(C)(C)O[B]c1ccc(N)nc1. The Morgan fingerprint density at radius 2 is 1.82 bits per heavy atom. The summed E-state index contributed by atoms with van der Waals surface area (Å²) in [7, 11) is 3.35. The van der Waals surface area contributed by atoms with Crippen LogP contribution in [0.1, 0.15) is 27.7 Å². The van der Waals surface area contributed by atoms with Crippen LogP contribution in [0.2, 0.25) is 0 Å². The van der Waals surface area contributed by atoms with Crippen molar-refractivity contribution >= 4 is 18.8 Å². The van der Waals surface area contributed by atoms with Crippen LogP contribution in [0.15, 0.2) is 18.3 Å². The van der Waals surface area contributed by atoms with Crippen molar-refractivity contribution in [3.05, 3.63) is 18.3 Å². The standard InChI is InChI=1S/C12H20BN2O2/c1-11(2,16-5)12(3,4)17-13-9-6-7-10(14)15-8-9/h6-8H,1-5H3,(H2,14,15). The van der Waals surface area contributed by atoms with Crippen LogP contribution in [0.25, 0.3) is 0 Å². The number of anilines is 1. The van der Waals surface area contributed by atoms with Gasteiger partial charge >= 0.3 is 7.48 Å². The molecule has 1 radical (unpaired) electrons. The highest BCUT2D eigenvalue weighted by molar-refractivity contribution is 6.46. The molecule has 0 unspecified atom stereocenters. The third-order valence-electron chi connectivity index (χ3n) is 3.26. The Bertz CT molecular complexity index is 363. The Balaban J connectivity index is 2.64. The molecular weight excluding hydrogens is 215 g/mol. The predicted octanol–water partition coefficient (Wildman–Crippen LogP) is 1.13. The number of hydrogen-bond donors (Lipinski definition) is 1. The molecule has 0 atom stereocenters. The molecule has 0 spiro atoms. The molecule has 17 heavy (non-hydrogen) atoms. The van der Waals surface area contributed by atoms with Gasteiger partial charge in [0.2, 0.25) is 0 Å². The lowest BCUT2D eigenvalue weighted by atomic mass is 9.83. The maximum Gasteiger partial charge on any atom is 0.332 e. The van der Waals surface area contributed by atoms with Crippen molar-refractivity contribution in [3.63, 3.8) is 0 Å². The van der Waals surface area contributed by atoms with Gasteiger partial charge in [-0.1, -0.05) is 6.07 Å². The molecule has 0 aliphatic rings. The average molecular weight is 235 g/mol. The van der Waals surface area contributed by atoms with E-state index in [1.54, 1.807) is 26.9 Å². The summed E-state index contributed by atoms with van der Waals surface area (Å²) in [5, 5.41) is 0. The van der Waals surface area contributed by atoms with E-state index in [0.29, 0.717) is 5.82 Å². The van der Waals surface area contributed by atoms with E-state index in [1.165, 1.54) is 0 Å². The van der Waals surface area contributed by atoms with Crippen molar-refractivity contribution in [1.82, 2.24) is 4.98 Å². The second-order valence-electron chi connectivity index (χ2n) is 4.98. The molecule has 1 heterocycles. The van der Waals surface area contributed by atoms with Crippen molar-refractivity contribution in [2.24, 2.45) is 0 Å². The fraction of sp³-hybridized carbons (Fsp3) is 0.583. The van der Waals surface area contributed by atoms with E-state index in [4.69, 9.17) is 15.1 Å². The lowest BCUT2D eigenvalue weighted by Crippen LogP contribution is -2.50. The highest BCUT2D eigenvalue weighted by Crippen LogP contribution is 2.27. The van der Waals surface area contributed by atoms with E-state index in [2.05, 4.69) is 4.98 Å². The van der Waals surface area contributed by atoms with Crippen LogP contribution in [0.4, 0.5) is 5.82 Å². The lowest BCUT2D eigenvalue weighted by molar-refractivity contribution is -0.114. The fourth-order valence-corrected chi connectivity index (χ4v) is 1.09. The summed E-state index contributed by atoms with van der Waals surface area (Å²) < 4.78 is 11.2. The maximum absolute atomic E-state index is 5.78. The third-order valence-corrected chi connectivity index (χ3v) is 3.26. The molecular formula is C12H20BN2O2. The first-order chi connectivity index (χ1) is 7.78. The molecule has 2 N–H and O–H groups in total. The first-order valence-corrected chi connectivity index (χ1v) is 5.56. The minimum atomic E-state index is -0.441. The van der Waals surface area contributed by atoms with Crippen LogP contribution in [0.5, 0.6) is 0 Å². The van der Waals surface area contributed by atoms with E-state index < -0.39 is 5.60 Å². The molecule has 0 aromatic carbocycles. The Hall–Kier alpha value is -1.07. The number of ether oxygens (including phenoxy) is 1. The first-order valence-electron chi connectivity index (χ1n) is 5.56. The molecule has 93 valence electrons. The van der Waals surface area contributed by atoms with Crippen molar-refractivity contribution in [2.45, 2.75) is 38.9 Å². The number of nitrogens with zero attached hydrogens (tertiary/aromatic N) is 1. The quantitative estimate of drug-likeness (QED) is 0.777. The van der Waals surface area contributed by atoms with Gasteiger partial charge in [-0.2, -0.15) is 0 Å². The maximum atomic E-state index is 5.78. The molecule has 0 aliphatic heterocycles. The van der Waals surface area contributed by atoms with Crippen LogP contribution < -0.4 is 11.2 Å². The van der Waals surface area contributed by atoms with Gasteiger partial charge in [-0.05, 0) is 39.2 Å². The normalized spacial score (nSPS) is 12.5. The smallest absolute Gasteiger partial charge is 0.332 e. The summed E-state index contributed by atoms with van der Waals surface area (Å²) in [6.07, 6.45) is 1.67. The topological polar surface area (TPSA) is 57.4 Å². The minimum Gasteiger partial charge on any atom is -0.427 e. The molecule has 0 saturated carbocycles. The summed E-state index contributed by atoms with van der Waals surface area (Å²) in [6.45, 7) is 7.94.